The molecule has 0 aromatic carbocycles. The Labute approximate surface area is 87.4 Å². The van der Waals surface area contributed by atoms with Crippen LogP contribution in [0.4, 0.5) is 0 Å². The molecule has 0 aliphatic carbocycles. The Balaban J connectivity index is 3.75. The Hall–Kier alpha value is -0.570. The zero-order chi connectivity index (χ0) is 10.8. The van der Waals surface area contributed by atoms with Gasteiger partial charge in [-0.25, -0.2) is 0 Å². The molecule has 0 radical (unpaired) electrons. The minimum absolute atomic E-state index is 0.1000. The molecule has 0 unspecified atom stereocenters. The highest BCUT2D eigenvalue weighted by molar-refractivity contribution is 5.71. The Morgan fingerprint density at radius 2 is 1.86 bits per heavy atom. The molecule has 0 aromatic rings. The van der Waals surface area contributed by atoms with Crippen LogP contribution in [0.3, 0.4) is 0 Å². The first-order chi connectivity index (χ1) is 6.74. The maximum absolute atomic E-state index is 11.2. The molecule has 84 valence electrons. The number of rotatable bonds is 8. The lowest BCUT2D eigenvalue weighted by molar-refractivity contribution is -0.144. The molecule has 14 heavy (non-hydrogen) atoms. The molecule has 3 heteroatoms. The summed E-state index contributed by atoms with van der Waals surface area (Å²) in [5, 5.41) is 0. The van der Waals surface area contributed by atoms with Crippen LogP contribution in [0.5, 0.6) is 0 Å². The van der Waals surface area contributed by atoms with Gasteiger partial charge in [0.25, 0.3) is 0 Å². The van der Waals surface area contributed by atoms with Crippen LogP contribution in [0.1, 0.15) is 40.0 Å². The van der Waals surface area contributed by atoms with E-state index in [9.17, 15) is 4.79 Å². The molecular weight excluding hydrogens is 178 g/mol. The van der Waals surface area contributed by atoms with Gasteiger partial charge in [0, 0.05) is 0 Å². The van der Waals surface area contributed by atoms with Crippen LogP contribution in [0.25, 0.3) is 0 Å². The van der Waals surface area contributed by atoms with E-state index < -0.39 is 0 Å². The summed E-state index contributed by atoms with van der Waals surface area (Å²) in [5.74, 6) is -0.1000. The van der Waals surface area contributed by atoms with Crippen molar-refractivity contribution in [2.75, 3.05) is 26.2 Å². The fourth-order valence-corrected chi connectivity index (χ4v) is 1.36. The summed E-state index contributed by atoms with van der Waals surface area (Å²) < 4.78 is 4.92. The van der Waals surface area contributed by atoms with Crippen molar-refractivity contribution in [2.24, 2.45) is 0 Å². The van der Waals surface area contributed by atoms with Gasteiger partial charge < -0.3 is 4.74 Å². The van der Waals surface area contributed by atoms with E-state index in [0.717, 1.165) is 25.9 Å². The molecule has 0 fully saturated rings. The van der Waals surface area contributed by atoms with Crippen LogP contribution >= 0.6 is 0 Å². The van der Waals surface area contributed by atoms with E-state index in [1.807, 2.05) is 6.92 Å². The third-order valence-electron chi connectivity index (χ3n) is 2.03. The van der Waals surface area contributed by atoms with Crippen molar-refractivity contribution in [3.63, 3.8) is 0 Å². The lowest BCUT2D eigenvalue weighted by Crippen LogP contribution is -2.32. The van der Waals surface area contributed by atoms with E-state index in [4.69, 9.17) is 4.74 Å². The molecular formula is C11H23NO2. The lowest BCUT2D eigenvalue weighted by Gasteiger charge is -2.19. The largest absolute Gasteiger partial charge is 0.465 e. The van der Waals surface area contributed by atoms with Crippen LogP contribution in [0.2, 0.25) is 0 Å². The SMILES string of the molecule is CCCCN(CCC)CC(=O)OCC. The maximum atomic E-state index is 11.2. The molecule has 0 aliphatic heterocycles. The lowest BCUT2D eigenvalue weighted by atomic mass is 10.3. The molecule has 0 N–H and O–H groups in total. The van der Waals surface area contributed by atoms with Gasteiger partial charge in [-0.05, 0) is 32.9 Å². The smallest absolute Gasteiger partial charge is 0.320 e. The minimum Gasteiger partial charge on any atom is -0.465 e. The van der Waals surface area contributed by atoms with Gasteiger partial charge in [-0.2, -0.15) is 0 Å². The van der Waals surface area contributed by atoms with Gasteiger partial charge in [0.1, 0.15) is 0 Å². The zero-order valence-corrected chi connectivity index (χ0v) is 9.71. The number of hydrogen-bond acceptors (Lipinski definition) is 3. The molecule has 3 nitrogen and oxygen atoms in total. The van der Waals surface area contributed by atoms with Crippen molar-refractivity contribution in [1.82, 2.24) is 4.90 Å². The van der Waals surface area contributed by atoms with Gasteiger partial charge in [0.2, 0.25) is 0 Å². The fourth-order valence-electron chi connectivity index (χ4n) is 1.36. The molecule has 0 aromatic heterocycles. The minimum atomic E-state index is -0.1000. The van der Waals surface area contributed by atoms with Crippen LogP contribution in [-0.4, -0.2) is 37.1 Å². The molecule has 0 spiro atoms. The van der Waals surface area contributed by atoms with E-state index in [0.29, 0.717) is 13.2 Å². The van der Waals surface area contributed by atoms with Gasteiger partial charge in [0.15, 0.2) is 0 Å². The Morgan fingerprint density at radius 1 is 1.14 bits per heavy atom. The fraction of sp³-hybridized carbons (Fsp3) is 0.909. The van der Waals surface area contributed by atoms with E-state index in [2.05, 4.69) is 18.7 Å². The van der Waals surface area contributed by atoms with Crippen molar-refractivity contribution in [3.05, 3.63) is 0 Å². The molecule has 0 amide bonds. The number of ether oxygens (including phenoxy) is 1. The average Bonchev–Trinajstić information content (AvgIpc) is 2.15. The average molecular weight is 201 g/mol. The van der Waals surface area contributed by atoms with E-state index in [1.54, 1.807) is 0 Å². The second kappa shape index (κ2) is 9.00. The predicted molar refractivity (Wildman–Crippen MR) is 58.3 cm³/mol. The van der Waals surface area contributed by atoms with Gasteiger partial charge >= 0.3 is 5.97 Å². The number of carbonyl (C=O) groups is 1. The molecule has 0 heterocycles. The highest BCUT2D eigenvalue weighted by Gasteiger charge is 2.09. The Kier molecular flexibility index (Phi) is 8.64. The zero-order valence-electron chi connectivity index (χ0n) is 9.71. The van der Waals surface area contributed by atoms with Crippen LogP contribution in [0, 0.1) is 0 Å². The molecule has 0 bridgehead atoms. The second-order valence-electron chi connectivity index (χ2n) is 3.43. The molecule has 0 aliphatic rings. The standard InChI is InChI=1S/C11H23NO2/c1-4-7-9-12(8-5-2)10-11(13)14-6-3/h4-10H2,1-3H3. The van der Waals surface area contributed by atoms with Gasteiger partial charge in [-0.15, -0.1) is 0 Å². The third kappa shape index (κ3) is 6.89. The molecule has 0 atom stereocenters. The number of esters is 1. The molecule has 0 rings (SSSR count). The number of carbonyl (C=O) groups excluding carboxylic acids is 1. The molecule has 0 saturated heterocycles. The van der Waals surface area contributed by atoms with Gasteiger partial charge in [0.05, 0.1) is 13.2 Å². The van der Waals surface area contributed by atoms with E-state index in [1.165, 1.54) is 6.42 Å². The number of hydrogen-bond donors (Lipinski definition) is 0. The summed E-state index contributed by atoms with van der Waals surface area (Å²) in [4.78, 5) is 13.4. The third-order valence-corrected chi connectivity index (χ3v) is 2.03. The maximum Gasteiger partial charge on any atom is 0.320 e. The monoisotopic (exact) mass is 201 g/mol. The summed E-state index contributed by atoms with van der Waals surface area (Å²) in [6, 6.07) is 0. The number of unbranched alkanes of at least 4 members (excludes halogenated alkanes) is 1. The quantitative estimate of drug-likeness (QED) is 0.563. The highest BCUT2D eigenvalue weighted by atomic mass is 16.5. The summed E-state index contributed by atoms with van der Waals surface area (Å²) in [6.07, 6.45) is 3.41. The topological polar surface area (TPSA) is 29.5 Å². The summed E-state index contributed by atoms with van der Waals surface area (Å²) in [6.45, 7) is 9.04. The first-order valence-electron chi connectivity index (χ1n) is 5.62. The van der Waals surface area contributed by atoms with Crippen LogP contribution in [-0.2, 0) is 9.53 Å². The normalized spacial score (nSPS) is 10.6. The van der Waals surface area contributed by atoms with Gasteiger partial charge in [-0.3, -0.25) is 9.69 Å². The number of nitrogens with zero attached hydrogens (tertiary/aromatic N) is 1. The first-order valence-corrected chi connectivity index (χ1v) is 5.62. The first kappa shape index (κ1) is 13.4. The Morgan fingerprint density at radius 3 is 2.36 bits per heavy atom. The predicted octanol–water partition coefficient (Wildman–Crippen LogP) is 2.06. The van der Waals surface area contributed by atoms with Crippen molar-refractivity contribution >= 4 is 5.97 Å². The van der Waals surface area contributed by atoms with Crippen LogP contribution < -0.4 is 0 Å². The van der Waals surface area contributed by atoms with Gasteiger partial charge in [-0.1, -0.05) is 20.3 Å². The summed E-state index contributed by atoms with van der Waals surface area (Å²) in [7, 11) is 0. The van der Waals surface area contributed by atoms with Crippen molar-refractivity contribution in [1.29, 1.82) is 0 Å². The summed E-state index contributed by atoms with van der Waals surface area (Å²) >= 11 is 0. The van der Waals surface area contributed by atoms with Crippen molar-refractivity contribution in [2.45, 2.75) is 40.0 Å². The second-order valence-corrected chi connectivity index (χ2v) is 3.43. The highest BCUT2D eigenvalue weighted by Crippen LogP contribution is 1.97. The molecule has 0 saturated carbocycles. The Bertz CT molecular complexity index is 148. The van der Waals surface area contributed by atoms with Crippen LogP contribution in [0.15, 0.2) is 0 Å². The van der Waals surface area contributed by atoms with Crippen molar-refractivity contribution in [3.8, 4) is 0 Å². The van der Waals surface area contributed by atoms with E-state index >= 15 is 0 Å². The van der Waals surface area contributed by atoms with E-state index in [-0.39, 0.29) is 5.97 Å². The summed E-state index contributed by atoms with van der Waals surface area (Å²) in [5.41, 5.74) is 0. The van der Waals surface area contributed by atoms with Crippen molar-refractivity contribution < 1.29 is 9.53 Å².